The minimum absolute atomic E-state index is 0.00616. The molecule has 3 rings (SSSR count). The second kappa shape index (κ2) is 8.02. The van der Waals surface area contributed by atoms with E-state index in [2.05, 4.69) is 15.9 Å². The lowest BCUT2D eigenvalue weighted by Gasteiger charge is -2.22. The van der Waals surface area contributed by atoms with E-state index in [0.717, 1.165) is 10.9 Å². The van der Waals surface area contributed by atoms with Crippen molar-refractivity contribution in [2.24, 2.45) is 0 Å². The first-order valence-electron chi connectivity index (χ1n) is 8.15. The van der Waals surface area contributed by atoms with Crippen LogP contribution >= 0.6 is 27.5 Å². The summed E-state index contributed by atoms with van der Waals surface area (Å²) in [6, 6.07) is 14.4. The van der Waals surface area contributed by atoms with Crippen LogP contribution in [0.3, 0.4) is 0 Å². The van der Waals surface area contributed by atoms with Crippen molar-refractivity contribution >= 4 is 39.3 Å². The normalized spacial score (nSPS) is 15.0. The Morgan fingerprint density at radius 2 is 1.56 bits per heavy atom. The largest absolute Gasteiger partial charge is 0.337 e. The van der Waals surface area contributed by atoms with Gasteiger partial charge in [-0.3, -0.25) is 9.59 Å². The van der Waals surface area contributed by atoms with Gasteiger partial charge in [-0.1, -0.05) is 45.7 Å². The van der Waals surface area contributed by atoms with Gasteiger partial charge in [0.05, 0.1) is 10.6 Å². The molecule has 4 nitrogen and oxygen atoms in total. The van der Waals surface area contributed by atoms with E-state index in [-0.39, 0.29) is 11.8 Å². The van der Waals surface area contributed by atoms with Crippen molar-refractivity contribution in [1.29, 1.82) is 0 Å². The van der Waals surface area contributed by atoms with Crippen LogP contribution < -0.4 is 0 Å². The van der Waals surface area contributed by atoms with E-state index in [1.54, 1.807) is 29.2 Å². The van der Waals surface area contributed by atoms with Gasteiger partial charge in [0.2, 0.25) is 0 Å². The van der Waals surface area contributed by atoms with Crippen molar-refractivity contribution in [3.05, 3.63) is 69.2 Å². The molecule has 130 valence electrons. The summed E-state index contributed by atoms with van der Waals surface area (Å²) in [6.07, 6.45) is 0.746. The predicted octanol–water partition coefficient (Wildman–Crippen LogP) is 4.09. The summed E-state index contributed by atoms with van der Waals surface area (Å²) >= 11 is 9.53. The van der Waals surface area contributed by atoms with E-state index >= 15 is 0 Å². The van der Waals surface area contributed by atoms with E-state index in [0.29, 0.717) is 42.3 Å². The summed E-state index contributed by atoms with van der Waals surface area (Å²) in [5.41, 5.74) is 1.16. The first-order valence-corrected chi connectivity index (χ1v) is 9.32. The quantitative estimate of drug-likeness (QED) is 0.733. The van der Waals surface area contributed by atoms with Crippen LogP contribution in [0.5, 0.6) is 0 Å². The topological polar surface area (TPSA) is 40.6 Å². The van der Waals surface area contributed by atoms with Crippen molar-refractivity contribution in [2.75, 3.05) is 26.2 Å². The second-order valence-electron chi connectivity index (χ2n) is 5.93. The highest BCUT2D eigenvalue weighted by Crippen LogP contribution is 2.19. The molecule has 2 aromatic carbocycles. The van der Waals surface area contributed by atoms with E-state index in [4.69, 9.17) is 11.6 Å². The molecule has 1 fully saturated rings. The van der Waals surface area contributed by atoms with Crippen molar-refractivity contribution in [2.45, 2.75) is 6.42 Å². The van der Waals surface area contributed by atoms with E-state index < -0.39 is 0 Å². The highest BCUT2D eigenvalue weighted by atomic mass is 79.9. The molecule has 2 amide bonds. The summed E-state index contributed by atoms with van der Waals surface area (Å²) < 4.78 is 0.878. The third-order valence-corrected chi connectivity index (χ3v) is 5.07. The summed E-state index contributed by atoms with van der Waals surface area (Å²) in [5, 5.41) is 0.457. The van der Waals surface area contributed by atoms with Crippen molar-refractivity contribution in [1.82, 2.24) is 9.80 Å². The van der Waals surface area contributed by atoms with Gasteiger partial charge in [0.25, 0.3) is 11.8 Å². The summed E-state index contributed by atoms with van der Waals surface area (Å²) in [4.78, 5) is 29.0. The van der Waals surface area contributed by atoms with Gasteiger partial charge >= 0.3 is 0 Å². The van der Waals surface area contributed by atoms with Gasteiger partial charge in [-0.25, -0.2) is 0 Å². The molecule has 6 heteroatoms. The molecule has 0 N–H and O–H groups in total. The minimum Gasteiger partial charge on any atom is -0.337 e. The molecule has 1 saturated heterocycles. The van der Waals surface area contributed by atoms with Crippen molar-refractivity contribution in [3.8, 4) is 0 Å². The molecule has 0 spiro atoms. The maximum Gasteiger partial charge on any atom is 0.255 e. The third-order valence-electron chi connectivity index (χ3n) is 4.25. The van der Waals surface area contributed by atoms with Crippen LogP contribution in [0, 0.1) is 0 Å². The van der Waals surface area contributed by atoms with E-state index in [1.807, 2.05) is 29.2 Å². The predicted molar refractivity (Wildman–Crippen MR) is 102 cm³/mol. The van der Waals surface area contributed by atoms with E-state index in [9.17, 15) is 9.59 Å². The molecule has 0 saturated carbocycles. The molecule has 0 atom stereocenters. The Morgan fingerprint density at radius 1 is 0.880 bits per heavy atom. The number of amides is 2. The van der Waals surface area contributed by atoms with Gasteiger partial charge in [0, 0.05) is 36.2 Å². The lowest BCUT2D eigenvalue weighted by molar-refractivity contribution is 0.0719. The molecule has 0 aliphatic carbocycles. The van der Waals surface area contributed by atoms with Crippen LogP contribution in [0.4, 0.5) is 0 Å². The standard InChI is InChI=1S/C19H18BrClN2O2/c20-15-6-3-5-14(13-15)18(24)22-9-4-10-23(12-11-22)19(25)16-7-1-2-8-17(16)21/h1-3,5-8,13H,4,9-12H2. The van der Waals surface area contributed by atoms with Gasteiger partial charge in [-0.05, 0) is 36.8 Å². The van der Waals surface area contributed by atoms with Crippen molar-refractivity contribution < 1.29 is 9.59 Å². The molecule has 0 unspecified atom stereocenters. The molecule has 1 heterocycles. The van der Waals surface area contributed by atoms with Crippen molar-refractivity contribution in [3.63, 3.8) is 0 Å². The van der Waals surface area contributed by atoms with E-state index in [1.165, 1.54) is 0 Å². The first-order chi connectivity index (χ1) is 12.1. The SMILES string of the molecule is O=C(c1cccc(Br)c1)N1CCCN(C(=O)c2ccccc2Cl)CC1. The Bertz CT molecular complexity index is 796. The number of benzene rings is 2. The monoisotopic (exact) mass is 420 g/mol. The number of halogens is 2. The number of nitrogens with zero attached hydrogens (tertiary/aromatic N) is 2. The van der Waals surface area contributed by atoms with Gasteiger partial charge in [-0.15, -0.1) is 0 Å². The third kappa shape index (κ3) is 4.22. The molecular formula is C19H18BrClN2O2. The zero-order valence-electron chi connectivity index (χ0n) is 13.6. The summed E-state index contributed by atoms with van der Waals surface area (Å²) in [7, 11) is 0. The average molecular weight is 422 g/mol. The fourth-order valence-electron chi connectivity index (χ4n) is 2.93. The Hall–Kier alpha value is -1.85. The minimum atomic E-state index is -0.0812. The zero-order chi connectivity index (χ0) is 17.8. The summed E-state index contributed by atoms with van der Waals surface area (Å²) in [6.45, 7) is 2.27. The average Bonchev–Trinajstić information content (AvgIpc) is 2.87. The fraction of sp³-hybridized carbons (Fsp3) is 0.263. The Morgan fingerprint density at radius 3 is 2.24 bits per heavy atom. The molecule has 0 radical (unpaired) electrons. The number of carbonyl (C=O) groups excluding carboxylic acids is 2. The Kier molecular flexibility index (Phi) is 5.76. The number of hydrogen-bond acceptors (Lipinski definition) is 2. The van der Waals surface area contributed by atoms with Gasteiger partial charge in [0.15, 0.2) is 0 Å². The molecule has 2 aromatic rings. The highest BCUT2D eigenvalue weighted by molar-refractivity contribution is 9.10. The lowest BCUT2D eigenvalue weighted by Crippen LogP contribution is -2.37. The van der Waals surface area contributed by atoms with Crippen LogP contribution in [0.2, 0.25) is 5.02 Å². The van der Waals surface area contributed by atoms with Crippen LogP contribution in [-0.4, -0.2) is 47.8 Å². The lowest BCUT2D eigenvalue weighted by atomic mass is 10.2. The van der Waals surface area contributed by atoms with Crippen LogP contribution in [0.25, 0.3) is 0 Å². The molecular weight excluding hydrogens is 404 g/mol. The molecule has 1 aliphatic heterocycles. The number of carbonyl (C=O) groups is 2. The maximum absolute atomic E-state index is 12.7. The van der Waals surface area contributed by atoms with Gasteiger partial charge in [0.1, 0.15) is 0 Å². The first kappa shape index (κ1) is 18.0. The number of rotatable bonds is 2. The van der Waals surface area contributed by atoms with Gasteiger partial charge in [-0.2, -0.15) is 0 Å². The molecule has 1 aliphatic rings. The van der Waals surface area contributed by atoms with Crippen LogP contribution in [0.15, 0.2) is 53.0 Å². The smallest absolute Gasteiger partial charge is 0.255 e. The number of hydrogen-bond donors (Lipinski definition) is 0. The highest BCUT2D eigenvalue weighted by Gasteiger charge is 2.24. The molecule has 0 bridgehead atoms. The van der Waals surface area contributed by atoms with Crippen LogP contribution in [-0.2, 0) is 0 Å². The zero-order valence-corrected chi connectivity index (χ0v) is 16.0. The van der Waals surface area contributed by atoms with Crippen LogP contribution in [0.1, 0.15) is 27.1 Å². The fourth-order valence-corrected chi connectivity index (χ4v) is 3.55. The Labute approximate surface area is 160 Å². The summed E-state index contributed by atoms with van der Waals surface area (Å²) in [5.74, 6) is -0.0873. The maximum atomic E-state index is 12.7. The molecule has 0 aromatic heterocycles. The molecule has 25 heavy (non-hydrogen) atoms. The van der Waals surface area contributed by atoms with Gasteiger partial charge < -0.3 is 9.80 Å². The Balaban J connectivity index is 1.69. The second-order valence-corrected chi connectivity index (χ2v) is 7.25.